The van der Waals surface area contributed by atoms with Gasteiger partial charge in [-0.2, -0.15) is 0 Å². The summed E-state index contributed by atoms with van der Waals surface area (Å²) in [5.41, 5.74) is 0.290. The van der Waals surface area contributed by atoms with E-state index in [9.17, 15) is 8.78 Å². The van der Waals surface area contributed by atoms with Crippen molar-refractivity contribution in [2.45, 2.75) is 38.5 Å². The van der Waals surface area contributed by atoms with Gasteiger partial charge in [0.25, 0.3) is 0 Å². The lowest BCUT2D eigenvalue weighted by atomic mass is 10.1. The zero-order valence-electron chi connectivity index (χ0n) is 10.0. The molecule has 1 aliphatic heterocycles. The number of ether oxygens (including phenoxy) is 1. The molecule has 0 radical (unpaired) electrons. The Bertz CT molecular complexity index is 397. The normalized spacial score (nSPS) is 30.0. The van der Waals surface area contributed by atoms with Gasteiger partial charge < -0.3 is 10.1 Å². The molecule has 94 valence electrons. The molecule has 0 aromatic heterocycles. The number of benzene rings is 1. The average molecular weight is 241 g/mol. The van der Waals surface area contributed by atoms with Crippen molar-refractivity contribution in [2.75, 3.05) is 6.54 Å². The van der Waals surface area contributed by atoms with Crippen molar-refractivity contribution in [3.63, 3.8) is 0 Å². The van der Waals surface area contributed by atoms with E-state index in [0.29, 0.717) is 18.2 Å². The summed E-state index contributed by atoms with van der Waals surface area (Å²) in [5.74, 6) is -1.63. The van der Waals surface area contributed by atoms with Crippen molar-refractivity contribution in [3.8, 4) is 0 Å². The summed E-state index contributed by atoms with van der Waals surface area (Å²) < 4.78 is 32.6. The fraction of sp³-hybridized carbons (Fsp3) is 0.538. The summed E-state index contributed by atoms with van der Waals surface area (Å²) >= 11 is 0. The summed E-state index contributed by atoms with van der Waals surface area (Å²) in [6.07, 6.45) is 0.478. The Morgan fingerprint density at radius 1 is 1.29 bits per heavy atom. The summed E-state index contributed by atoms with van der Waals surface area (Å²) in [4.78, 5) is 0. The fourth-order valence-corrected chi connectivity index (χ4v) is 2.23. The Morgan fingerprint density at radius 2 is 2.06 bits per heavy atom. The number of nitrogens with one attached hydrogen (secondary N) is 1. The Kier molecular flexibility index (Phi) is 3.74. The second-order valence-electron chi connectivity index (χ2n) is 4.62. The first-order chi connectivity index (χ1) is 8.08. The fourth-order valence-electron chi connectivity index (χ4n) is 2.23. The van der Waals surface area contributed by atoms with E-state index in [1.165, 1.54) is 6.07 Å². The van der Waals surface area contributed by atoms with Gasteiger partial charge in [-0.15, -0.1) is 0 Å². The minimum atomic E-state index is -0.823. The van der Waals surface area contributed by atoms with Crippen molar-refractivity contribution in [3.05, 3.63) is 35.4 Å². The van der Waals surface area contributed by atoms with Gasteiger partial charge in [-0.1, -0.05) is 12.1 Å². The van der Waals surface area contributed by atoms with E-state index in [2.05, 4.69) is 12.2 Å². The molecule has 1 aromatic rings. The van der Waals surface area contributed by atoms with Crippen molar-refractivity contribution < 1.29 is 13.5 Å². The van der Waals surface area contributed by atoms with Crippen LogP contribution in [0.2, 0.25) is 0 Å². The van der Waals surface area contributed by atoms with Gasteiger partial charge in [-0.05, 0) is 26.3 Å². The van der Waals surface area contributed by atoms with E-state index >= 15 is 0 Å². The largest absolute Gasteiger partial charge is 0.369 e. The number of hydrogen-bond acceptors (Lipinski definition) is 2. The molecule has 3 unspecified atom stereocenters. The highest BCUT2D eigenvalue weighted by Gasteiger charge is 2.25. The zero-order chi connectivity index (χ0) is 12.4. The van der Waals surface area contributed by atoms with E-state index in [4.69, 9.17) is 4.74 Å². The lowest BCUT2D eigenvalue weighted by Gasteiger charge is -2.19. The molecule has 17 heavy (non-hydrogen) atoms. The second kappa shape index (κ2) is 5.10. The van der Waals surface area contributed by atoms with E-state index in [1.807, 2.05) is 6.92 Å². The Morgan fingerprint density at radius 3 is 2.82 bits per heavy atom. The van der Waals surface area contributed by atoms with Crippen LogP contribution in [-0.2, 0) is 4.74 Å². The SMILES string of the molecule is CC1CC(C)OC(c2cccc(F)c2F)CN1. The van der Waals surface area contributed by atoms with Crippen LogP contribution in [0.15, 0.2) is 18.2 Å². The quantitative estimate of drug-likeness (QED) is 0.816. The molecular weight excluding hydrogens is 224 g/mol. The molecule has 0 spiro atoms. The first-order valence-corrected chi connectivity index (χ1v) is 5.90. The van der Waals surface area contributed by atoms with Crippen LogP contribution in [0.5, 0.6) is 0 Å². The monoisotopic (exact) mass is 241 g/mol. The van der Waals surface area contributed by atoms with Gasteiger partial charge in [0, 0.05) is 18.2 Å². The van der Waals surface area contributed by atoms with Crippen molar-refractivity contribution in [1.82, 2.24) is 5.32 Å². The highest BCUT2D eigenvalue weighted by atomic mass is 19.2. The Hall–Kier alpha value is -1.00. The molecule has 1 saturated heterocycles. The minimum Gasteiger partial charge on any atom is -0.369 e. The van der Waals surface area contributed by atoms with Crippen LogP contribution >= 0.6 is 0 Å². The molecular formula is C13H17F2NO. The van der Waals surface area contributed by atoms with Crippen LogP contribution in [0.4, 0.5) is 8.78 Å². The highest BCUT2D eigenvalue weighted by Crippen LogP contribution is 2.26. The molecule has 1 N–H and O–H groups in total. The van der Waals surface area contributed by atoms with Gasteiger partial charge in [0.2, 0.25) is 0 Å². The van der Waals surface area contributed by atoms with Crippen molar-refractivity contribution in [2.24, 2.45) is 0 Å². The topological polar surface area (TPSA) is 21.3 Å². The first-order valence-electron chi connectivity index (χ1n) is 5.90. The van der Waals surface area contributed by atoms with Crippen LogP contribution in [-0.4, -0.2) is 18.7 Å². The maximum Gasteiger partial charge on any atom is 0.164 e. The molecule has 1 aliphatic rings. The van der Waals surface area contributed by atoms with Gasteiger partial charge in [-0.3, -0.25) is 0 Å². The smallest absolute Gasteiger partial charge is 0.164 e. The molecule has 0 saturated carbocycles. The third-order valence-corrected chi connectivity index (χ3v) is 3.06. The molecule has 2 rings (SSSR count). The van der Waals surface area contributed by atoms with Crippen LogP contribution in [0.25, 0.3) is 0 Å². The van der Waals surface area contributed by atoms with Gasteiger partial charge in [0.1, 0.15) is 0 Å². The summed E-state index contributed by atoms with van der Waals surface area (Å²) in [5, 5.41) is 3.26. The third-order valence-electron chi connectivity index (χ3n) is 3.06. The predicted molar refractivity (Wildman–Crippen MR) is 61.7 cm³/mol. The van der Waals surface area contributed by atoms with E-state index in [0.717, 1.165) is 12.5 Å². The van der Waals surface area contributed by atoms with Gasteiger partial charge in [-0.25, -0.2) is 8.78 Å². The number of rotatable bonds is 1. The average Bonchev–Trinajstić information content (AvgIpc) is 2.43. The molecule has 1 aromatic carbocycles. The molecule has 0 aliphatic carbocycles. The second-order valence-corrected chi connectivity index (χ2v) is 4.62. The van der Waals surface area contributed by atoms with E-state index in [-0.39, 0.29) is 6.10 Å². The lowest BCUT2D eigenvalue weighted by molar-refractivity contribution is 0.00507. The first kappa shape index (κ1) is 12.5. The van der Waals surface area contributed by atoms with Crippen LogP contribution < -0.4 is 5.32 Å². The summed E-state index contributed by atoms with van der Waals surface area (Å²) in [6, 6.07) is 4.53. The van der Waals surface area contributed by atoms with E-state index in [1.54, 1.807) is 6.07 Å². The van der Waals surface area contributed by atoms with Crippen molar-refractivity contribution >= 4 is 0 Å². The van der Waals surface area contributed by atoms with Gasteiger partial charge in [0.15, 0.2) is 11.6 Å². The molecule has 3 atom stereocenters. The Labute approximate surface area is 100.0 Å². The van der Waals surface area contributed by atoms with Crippen LogP contribution in [0.1, 0.15) is 31.9 Å². The lowest BCUT2D eigenvalue weighted by Crippen LogP contribution is -2.28. The summed E-state index contributed by atoms with van der Waals surface area (Å²) in [6.45, 7) is 4.52. The van der Waals surface area contributed by atoms with Crippen molar-refractivity contribution in [1.29, 1.82) is 0 Å². The third kappa shape index (κ3) is 2.82. The molecule has 1 heterocycles. The van der Waals surface area contributed by atoms with Gasteiger partial charge >= 0.3 is 0 Å². The maximum atomic E-state index is 13.7. The molecule has 4 heteroatoms. The molecule has 1 fully saturated rings. The molecule has 0 bridgehead atoms. The standard InChI is InChI=1S/C13H17F2NO/c1-8-6-9(2)17-12(7-16-8)10-4-3-5-11(14)13(10)15/h3-5,8-9,12,16H,6-7H2,1-2H3. The maximum absolute atomic E-state index is 13.7. The minimum absolute atomic E-state index is 0.0349. The van der Waals surface area contributed by atoms with Crippen LogP contribution in [0.3, 0.4) is 0 Å². The summed E-state index contributed by atoms with van der Waals surface area (Å²) in [7, 11) is 0. The highest BCUT2D eigenvalue weighted by molar-refractivity contribution is 5.22. The predicted octanol–water partition coefficient (Wildman–Crippen LogP) is 2.79. The van der Waals surface area contributed by atoms with E-state index < -0.39 is 17.7 Å². The number of halogens is 2. The zero-order valence-corrected chi connectivity index (χ0v) is 10.0. The molecule has 2 nitrogen and oxygen atoms in total. The Balaban J connectivity index is 2.23. The van der Waals surface area contributed by atoms with Gasteiger partial charge in [0.05, 0.1) is 12.2 Å². The number of hydrogen-bond donors (Lipinski definition) is 1. The van der Waals surface area contributed by atoms with Crippen LogP contribution in [0, 0.1) is 11.6 Å². The molecule has 0 amide bonds.